The number of hydrogen-bond donors (Lipinski definition) is 1. The number of methoxy groups -OCH3 is 1. The number of benzene rings is 1. The molecule has 120 valence electrons. The molecule has 0 bridgehead atoms. The number of thiophene rings is 1. The van der Waals surface area contributed by atoms with Gasteiger partial charge in [-0.1, -0.05) is 19.1 Å². The van der Waals surface area contributed by atoms with Gasteiger partial charge in [0.25, 0.3) is 0 Å². The molecule has 0 aliphatic carbocycles. The predicted octanol–water partition coefficient (Wildman–Crippen LogP) is 4.89. The van der Waals surface area contributed by atoms with E-state index in [0.717, 1.165) is 39.6 Å². The molecule has 3 aromatic rings. The number of nitrogens with zero attached hydrogens (tertiary/aromatic N) is 2. The third-order valence-electron chi connectivity index (χ3n) is 3.94. The summed E-state index contributed by atoms with van der Waals surface area (Å²) in [6.45, 7) is 6.28. The molecule has 0 spiro atoms. The molecular weight excluding hydrogens is 306 g/mol. The maximum absolute atomic E-state index is 5.25. The second-order valence-electron chi connectivity index (χ2n) is 5.63. The Morgan fingerprint density at radius 1 is 1.22 bits per heavy atom. The zero-order chi connectivity index (χ0) is 16.4. The molecule has 1 unspecified atom stereocenters. The average Bonchev–Trinajstić information content (AvgIpc) is 2.98. The molecule has 0 saturated heterocycles. The number of aromatic nitrogens is 2. The second kappa shape index (κ2) is 6.54. The number of fused-ring (bicyclic) bond motifs is 1. The lowest BCUT2D eigenvalue weighted by Crippen LogP contribution is -2.15. The van der Waals surface area contributed by atoms with Crippen molar-refractivity contribution in [3.63, 3.8) is 0 Å². The van der Waals surface area contributed by atoms with Gasteiger partial charge >= 0.3 is 0 Å². The van der Waals surface area contributed by atoms with E-state index in [9.17, 15) is 0 Å². The van der Waals surface area contributed by atoms with Gasteiger partial charge < -0.3 is 10.1 Å². The number of hydrogen-bond acceptors (Lipinski definition) is 5. The first-order valence-corrected chi connectivity index (χ1v) is 8.67. The largest absolute Gasteiger partial charge is 0.497 e. The van der Waals surface area contributed by atoms with E-state index in [1.54, 1.807) is 18.4 Å². The average molecular weight is 327 g/mol. The van der Waals surface area contributed by atoms with Gasteiger partial charge in [0.15, 0.2) is 0 Å². The molecule has 1 atom stereocenters. The number of ether oxygens (including phenoxy) is 1. The molecule has 1 aromatic carbocycles. The molecule has 0 amide bonds. The standard InChI is InChI=1S/C18H21N3OS/c1-5-11(2)19-17-16-15(10-23-18(16)21-12(3)20-17)13-6-8-14(22-4)9-7-13/h6-11H,5H2,1-4H3,(H,19,20,21). The minimum Gasteiger partial charge on any atom is -0.497 e. The van der Waals surface area contributed by atoms with E-state index in [2.05, 4.69) is 46.6 Å². The maximum Gasteiger partial charge on any atom is 0.139 e. The highest BCUT2D eigenvalue weighted by atomic mass is 32.1. The summed E-state index contributed by atoms with van der Waals surface area (Å²) in [6, 6.07) is 8.49. The lowest BCUT2D eigenvalue weighted by molar-refractivity contribution is 0.415. The van der Waals surface area contributed by atoms with Gasteiger partial charge in [0.1, 0.15) is 22.2 Å². The van der Waals surface area contributed by atoms with E-state index in [1.165, 1.54) is 5.56 Å². The fraction of sp³-hybridized carbons (Fsp3) is 0.333. The fourth-order valence-electron chi connectivity index (χ4n) is 2.47. The molecule has 23 heavy (non-hydrogen) atoms. The Labute approximate surface area is 140 Å². The highest BCUT2D eigenvalue weighted by Gasteiger charge is 2.15. The highest BCUT2D eigenvalue weighted by molar-refractivity contribution is 7.17. The quantitative estimate of drug-likeness (QED) is 0.725. The molecule has 3 rings (SSSR count). The zero-order valence-corrected chi connectivity index (χ0v) is 14.7. The Morgan fingerprint density at radius 3 is 2.61 bits per heavy atom. The van der Waals surface area contributed by atoms with Crippen molar-refractivity contribution >= 4 is 27.4 Å². The van der Waals surface area contributed by atoms with Gasteiger partial charge in [-0.3, -0.25) is 0 Å². The van der Waals surface area contributed by atoms with Crippen molar-refractivity contribution in [1.29, 1.82) is 0 Å². The lowest BCUT2D eigenvalue weighted by atomic mass is 10.1. The Balaban J connectivity index is 2.13. The van der Waals surface area contributed by atoms with Crippen LogP contribution in [0.25, 0.3) is 21.3 Å². The molecule has 0 aliphatic heterocycles. The Kier molecular flexibility index (Phi) is 4.48. The van der Waals surface area contributed by atoms with Crippen LogP contribution in [0.15, 0.2) is 29.6 Å². The third kappa shape index (κ3) is 3.15. The Morgan fingerprint density at radius 2 is 1.96 bits per heavy atom. The van der Waals surface area contributed by atoms with Crippen molar-refractivity contribution < 1.29 is 4.74 Å². The molecule has 2 aromatic heterocycles. The van der Waals surface area contributed by atoms with Gasteiger partial charge in [0.2, 0.25) is 0 Å². The molecule has 1 N–H and O–H groups in total. The smallest absolute Gasteiger partial charge is 0.139 e. The van der Waals surface area contributed by atoms with Crippen molar-refractivity contribution in [2.75, 3.05) is 12.4 Å². The molecule has 5 heteroatoms. The molecule has 0 saturated carbocycles. The summed E-state index contributed by atoms with van der Waals surface area (Å²) >= 11 is 1.66. The summed E-state index contributed by atoms with van der Waals surface area (Å²) in [4.78, 5) is 10.3. The third-order valence-corrected chi connectivity index (χ3v) is 4.81. The van der Waals surface area contributed by atoms with E-state index < -0.39 is 0 Å². The molecule has 2 heterocycles. The zero-order valence-electron chi connectivity index (χ0n) is 13.9. The number of nitrogens with one attached hydrogen (secondary N) is 1. The van der Waals surface area contributed by atoms with Gasteiger partial charge in [0, 0.05) is 17.0 Å². The van der Waals surface area contributed by atoms with E-state index in [0.29, 0.717) is 6.04 Å². The highest BCUT2D eigenvalue weighted by Crippen LogP contribution is 2.37. The van der Waals surface area contributed by atoms with Crippen LogP contribution in [0.5, 0.6) is 5.75 Å². The monoisotopic (exact) mass is 327 g/mol. The topological polar surface area (TPSA) is 47.0 Å². The Bertz CT molecular complexity index is 811. The van der Waals surface area contributed by atoms with Crippen LogP contribution in [0.4, 0.5) is 5.82 Å². The van der Waals surface area contributed by atoms with Gasteiger partial charge in [-0.05, 0) is 38.0 Å². The van der Waals surface area contributed by atoms with Crippen LogP contribution in [0.1, 0.15) is 26.1 Å². The number of rotatable bonds is 5. The second-order valence-corrected chi connectivity index (χ2v) is 6.49. The lowest BCUT2D eigenvalue weighted by Gasteiger charge is -2.14. The number of aryl methyl sites for hydroxylation is 1. The fourth-order valence-corrected chi connectivity index (χ4v) is 3.46. The molecular formula is C18H21N3OS. The minimum atomic E-state index is 0.371. The van der Waals surface area contributed by atoms with Crippen LogP contribution in [-0.4, -0.2) is 23.1 Å². The summed E-state index contributed by atoms with van der Waals surface area (Å²) in [5.74, 6) is 2.58. The van der Waals surface area contributed by atoms with E-state index in [-0.39, 0.29) is 0 Å². The Hall–Kier alpha value is -2.14. The summed E-state index contributed by atoms with van der Waals surface area (Å²) in [6.07, 6.45) is 1.05. The van der Waals surface area contributed by atoms with Crippen LogP contribution in [0.2, 0.25) is 0 Å². The molecule has 0 aliphatic rings. The van der Waals surface area contributed by atoms with Crippen LogP contribution >= 0.6 is 11.3 Å². The summed E-state index contributed by atoms with van der Waals surface area (Å²) in [5, 5.41) is 6.78. The van der Waals surface area contributed by atoms with E-state index in [4.69, 9.17) is 4.74 Å². The first kappa shape index (κ1) is 15.7. The van der Waals surface area contributed by atoms with Crippen molar-refractivity contribution in [2.24, 2.45) is 0 Å². The predicted molar refractivity (Wildman–Crippen MR) is 97.5 cm³/mol. The van der Waals surface area contributed by atoms with Crippen LogP contribution in [0.3, 0.4) is 0 Å². The summed E-state index contributed by atoms with van der Waals surface area (Å²) in [5.41, 5.74) is 2.31. The van der Waals surface area contributed by atoms with Gasteiger partial charge in [0.05, 0.1) is 12.5 Å². The SMILES string of the molecule is CCC(C)Nc1nc(C)nc2scc(-c3ccc(OC)cc3)c12. The van der Waals surface area contributed by atoms with Crippen molar-refractivity contribution in [3.05, 3.63) is 35.5 Å². The van der Waals surface area contributed by atoms with Gasteiger partial charge in [-0.25, -0.2) is 9.97 Å². The number of anilines is 1. The van der Waals surface area contributed by atoms with Crippen molar-refractivity contribution in [2.45, 2.75) is 33.2 Å². The molecule has 0 fully saturated rings. The van der Waals surface area contributed by atoms with Crippen LogP contribution < -0.4 is 10.1 Å². The van der Waals surface area contributed by atoms with E-state index >= 15 is 0 Å². The van der Waals surface area contributed by atoms with Gasteiger partial charge in [-0.15, -0.1) is 11.3 Å². The van der Waals surface area contributed by atoms with Crippen LogP contribution in [0, 0.1) is 6.92 Å². The molecule has 4 nitrogen and oxygen atoms in total. The maximum atomic E-state index is 5.25. The van der Waals surface area contributed by atoms with Crippen molar-refractivity contribution in [1.82, 2.24) is 9.97 Å². The van der Waals surface area contributed by atoms with E-state index in [1.807, 2.05) is 19.1 Å². The summed E-state index contributed by atoms with van der Waals surface area (Å²) < 4.78 is 5.25. The minimum absolute atomic E-state index is 0.371. The first-order chi connectivity index (χ1) is 11.1. The molecule has 0 radical (unpaired) electrons. The normalized spacial score (nSPS) is 12.3. The van der Waals surface area contributed by atoms with Gasteiger partial charge in [-0.2, -0.15) is 0 Å². The van der Waals surface area contributed by atoms with Crippen molar-refractivity contribution in [3.8, 4) is 16.9 Å². The summed E-state index contributed by atoms with van der Waals surface area (Å²) in [7, 11) is 1.68. The first-order valence-electron chi connectivity index (χ1n) is 7.79. The van der Waals surface area contributed by atoms with Crippen LogP contribution in [-0.2, 0) is 0 Å².